The molecule has 0 spiro atoms. The van der Waals surface area contributed by atoms with Crippen molar-refractivity contribution in [3.63, 3.8) is 0 Å². The maximum Gasteiger partial charge on any atom is 0.216 e. The third kappa shape index (κ3) is 2.73. The van der Waals surface area contributed by atoms with Crippen LogP contribution in [0.1, 0.15) is 5.56 Å². The van der Waals surface area contributed by atoms with Crippen LogP contribution in [0.2, 0.25) is 0 Å². The maximum absolute atomic E-state index is 8.81. The van der Waals surface area contributed by atoms with Crippen molar-refractivity contribution >= 4 is 11.3 Å². The van der Waals surface area contributed by atoms with Gasteiger partial charge in [-0.2, -0.15) is 5.26 Å². The molecule has 5 nitrogen and oxygen atoms in total. The van der Waals surface area contributed by atoms with Gasteiger partial charge < -0.3 is 4.74 Å². The number of nitriles is 1. The van der Waals surface area contributed by atoms with Crippen LogP contribution in [0.25, 0.3) is 22.0 Å². The lowest BCUT2D eigenvalue weighted by Crippen LogP contribution is -1.90. The monoisotopic (exact) mass is 294 g/mol. The van der Waals surface area contributed by atoms with Crippen LogP contribution in [-0.4, -0.2) is 22.1 Å². The van der Waals surface area contributed by atoms with Crippen molar-refractivity contribution in [2.75, 3.05) is 7.11 Å². The first-order valence-corrected chi connectivity index (χ1v) is 7.00. The predicted molar refractivity (Wildman–Crippen MR) is 79.8 cm³/mol. The summed E-state index contributed by atoms with van der Waals surface area (Å²) < 4.78 is 5.09. The van der Waals surface area contributed by atoms with E-state index in [9.17, 15) is 0 Å². The number of rotatable bonds is 3. The number of hydrogen-bond acceptors (Lipinski definition) is 6. The minimum absolute atomic E-state index is 0.509. The summed E-state index contributed by atoms with van der Waals surface area (Å²) in [4.78, 5) is 12.8. The molecule has 0 atom stereocenters. The quantitative estimate of drug-likeness (QED) is 0.742. The van der Waals surface area contributed by atoms with Gasteiger partial charge in [-0.1, -0.05) is 12.1 Å². The number of hydrogen-bond donors (Lipinski definition) is 0. The van der Waals surface area contributed by atoms with Crippen molar-refractivity contribution in [3.05, 3.63) is 47.6 Å². The molecule has 21 heavy (non-hydrogen) atoms. The van der Waals surface area contributed by atoms with Gasteiger partial charge in [-0.3, -0.25) is 0 Å². The van der Waals surface area contributed by atoms with E-state index in [0.717, 1.165) is 22.0 Å². The van der Waals surface area contributed by atoms with E-state index >= 15 is 0 Å². The van der Waals surface area contributed by atoms with E-state index in [1.165, 1.54) is 17.7 Å². The average Bonchev–Trinajstić information content (AvgIpc) is 3.05. The van der Waals surface area contributed by atoms with E-state index in [1.807, 2.05) is 17.5 Å². The van der Waals surface area contributed by atoms with Crippen LogP contribution in [0.5, 0.6) is 5.88 Å². The largest absolute Gasteiger partial charge is 0.481 e. The van der Waals surface area contributed by atoms with Crippen molar-refractivity contribution in [1.29, 1.82) is 5.26 Å². The Balaban J connectivity index is 1.93. The van der Waals surface area contributed by atoms with Gasteiger partial charge in [0.05, 0.1) is 24.4 Å². The van der Waals surface area contributed by atoms with Crippen molar-refractivity contribution < 1.29 is 4.74 Å². The molecule has 0 N–H and O–H groups in total. The first kappa shape index (κ1) is 13.2. The van der Waals surface area contributed by atoms with Crippen LogP contribution < -0.4 is 4.74 Å². The summed E-state index contributed by atoms with van der Waals surface area (Å²) in [6.45, 7) is 0. The molecule has 0 aliphatic carbocycles. The van der Waals surface area contributed by atoms with Crippen LogP contribution >= 0.6 is 11.3 Å². The lowest BCUT2D eigenvalue weighted by atomic mass is 10.1. The number of methoxy groups -OCH3 is 1. The highest BCUT2D eigenvalue weighted by molar-refractivity contribution is 7.13. The van der Waals surface area contributed by atoms with Gasteiger partial charge in [0.15, 0.2) is 0 Å². The van der Waals surface area contributed by atoms with Crippen LogP contribution in [0.4, 0.5) is 0 Å². The second-order valence-corrected chi connectivity index (χ2v) is 5.03. The minimum atomic E-state index is 0.509. The summed E-state index contributed by atoms with van der Waals surface area (Å²) in [5.74, 6) is 0.509. The lowest BCUT2D eigenvalue weighted by Gasteiger charge is -1.99. The van der Waals surface area contributed by atoms with Gasteiger partial charge in [0.2, 0.25) is 5.88 Å². The zero-order valence-corrected chi connectivity index (χ0v) is 12.0. The first-order chi connectivity index (χ1) is 10.3. The molecule has 3 rings (SSSR count). The van der Waals surface area contributed by atoms with Crippen molar-refractivity contribution in [1.82, 2.24) is 15.0 Å². The maximum atomic E-state index is 8.81. The molecule has 0 bridgehead atoms. The molecule has 0 fully saturated rings. The van der Waals surface area contributed by atoms with E-state index in [1.54, 1.807) is 25.3 Å². The summed E-state index contributed by atoms with van der Waals surface area (Å²) >= 11 is 1.50. The van der Waals surface area contributed by atoms with E-state index in [2.05, 4.69) is 21.0 Å². The zero-order valence-electron chi connectivity index (χ0n) is 11.1. The molecule has 1 aromatic carbocycles. The van der Waals surface area contributed by atoms with Gasteiger partial charge in [0, 0.05) is 17.0 Å². The van der Waals surface area contributed by atoms with Crippen molar-refractivity contribution in [3.8, 4) is 33.9 Å². The fraction of sp³-hybridized carbons (Fsp3) is 0.0667. The number of nitrogens with zero attached hydrogens (tertiary/aromatic N) is 4. The van der Waals surface area contributed by atoms with Gasteiger partial charge >= 0.3 is 0 Å². The second kappa shape index (κ2) is 5.69. The van der Waals surface area contributed by atoms with Crippen LogP contribution in [-0.2, 0) is 0 Å². The molecule has 6 heteroatoms. The van der Waals surface area contributed by atoms with Crippen molar-refractivity contribution in [2.45, 2.75) is 0 Å². The Morgan fingerprint density at radius 2 is 1.95 bits per heavy atom. The Morgan fingerprint density at radius 1 is 1.14 bits per heavy atom. The summed E-state index contributed by atoms with van der Waals surface area (Å²) in [6.07, 6.45) is 1.46. The molecular formula is C15H10N4OS. The Bertz CT molecular complexity index is 805. The Labute approximate surface area is 125 Å². The number of thiazole rings is 1. The topological polar surface area (TPSA) is 71.7 Å². The van der Waals surface area contributed by atoms with Gasteiger partial charge in [-0.25, -0.2) is 15.0 Å². The molecule has 2 heterocycles. The predicted octanol–water partition coefficient (Wildman–Crippen LogP) is 3.15. The van der Waals surface area contributed by atoms with Gasteiger partial charge in [-0.15, -0.1) is 11.3 Å². The number of ether oxygens (including phenoxy) is 1. The molecule has 0 saturated heterocycles. The molecule has 0 radical (unpaired) electrons. The Morgan fingerprint density at radius 3 is 2.67 bits per heavy atom. The Hall–Kier alpha value is -2.78. The van der Waals surface area contributed by atoms with Gasteiger partial charge in [-0.05, 0) is 12.1 Å². The average molecular weight is 294 g/mol. The highest BCUT2D eigenvalue weighted by Gasteiger charge is 2.09. The summed E-state index contributed by atoms with van der Waals surface area (Å²) in [5.41, 5.74) is 3.19. The molecule has 3 aromatic rings. The van der Waals surface area contributed by atoms with E-state index in [0.29, 0.717) is 11.4 Å². The first-order valence-electron chi connectivity index (χ1n) is 6.12. The van der Waals surface area contributed by atoms with Crippen LogP contribution in [0.15, 0.2) is 42.0 Å². The fourth-order valence-electron chi connectivity index (χ4n) is 1.81. The van der Waals surface area contributed by atoms with Gasteiger partial charge in [0.25, 0.3) is 0 Å². The minimum Gasteiger partial charge on any atom is -0.481 e. The summed E-state index contributed by atoms with van der Waals surface area (Å²) in [6, 6.07) is 11.2. The highest BCUT2D eigenvalue weighted by atomic mass is 32.1. The molecule has 2 aromatic heterocycles. The smallest absolute Gasteiger partial charge is 0.216 e. The third-order valence-electron chi connectivity index (χ3n) is 2.88. The molecule has 0 aliphatic heterocycles. The number of aromatic nitrogens is 3. The van der Waals surface area contributed by atoms with Crippen molar-refractivity contribution in [2.24, 2.45) is 0 Å². The van der Waals surface area contributed by atoms with Crippen LogP contribution in [0, 0.1) is 11.3 Å². The summed E-state index contributed by atoms with van der Waals surface area (Å²) in [7, 11) is 1.57. The fourth-order valence-corrected chi connectivity index (χ4v) is 2.60. The van der Waals surface area contributed by atoms with E-state index < -0.39 is 0 Å². The molecule has 0 aliphatic rings. The number of benzene rings is 1. The second-order valence-electron chi connectivity index (χ2n) is 4.17. The molecule has 0 amide bonds. The normalized spacial score (nSPS) is 10.1. The van der Waals surface area contributed by atoms with Gasteiger partial charge in [0.1, 0.15) is 17.0 Å². The Kier molecular flexibility index (Phi) is 3.58. The molecule has 102 valence electrons. The van der Waals surface area contributed by atoms with Crippen LogP contribution in [0.3, 0.4) is 0 Å². The summed E-state index contributed by atoms with van der Waals surface area (Å²) in [5, 5.41) is 11.6. The SMILES string of the molecule is COc1cc(-c2nc(-c3ccc(C#N)cc3)cs2)ncn1. The molecular weight excluding hydrogens is 284 g/mol. The third-order valence-corrected chi connectivity index (χ3v) is 3.75. The highest BCUT2D eigenvalue weighted by Crippen LogP contribution is 2.28. The molecule has 0 saturated carbocycles. The molecule has 0 unspecified atom stereocenters. The zero-order chi connectivity index (χ0) is 14.7. The lowest BCUT2D eigenvalue weighted by molar-refractivity contribution is 0.397. The van der Waals surface area contributed by atoms with E-state index in [-0.39, 0.29) is 0 Å². The standard InChI is InChI=1S/C15H10N4OS/c1-20-14-6-12(17-9-18-14)15-19-13(8-21-15)11-4-2-10(7-16)3-5-11/h2-6,8-9H,1H3. The van der Waals surface area contributed by atoms with E-state index in [4.69, 9.17) is 10.00 Å².